The van der Waals surface area contributed by atoms with Crippen LogP contribution in [0.5, 0.6) is 5.75 Å². The van der Waals surface area contributed by atoms with Gasteiger partial charge < -0.3 is 4.74 Å². The molecule has 34 heavy (non-hydrogen) atoms. The Hall–Kier alpha value is -3.44. The number of para-hydroxylation sites is 1. The zero-order chi connectivity index (χ0) is 23.7. The van der Waals surface area contributed by atoms with Crippen LogP contribution < -0.4 is 4.74 Å². The van der Waals surface area contributed by atoms with Gasteiger partial charge in [0, 0.05) is 18.7 Å². The number of aromatic nitrogens is 3. The van der Waals surface area contributed by atoms with Crippen LogP contribution in [0.25, 0.3) is 16.9 Å². The summed E-state index contributed by atoms with van der Waals surface area (Å²) >= 11 is 0. The molecular weight excluding hydrogens is 420 g/mol. The van der Waals surface area contributed by atoms with Gasteiger partial charge >= 0.3 is 0 Å². The van der Waals surface area contributed by atoms with Crippen molar-refractivity contribution >= 4 is 0 Å². The van der Waals surface area contributed by atoms with E-state index in [1.165, 1.54) is 22.4 Å². The van der Waals surface area contributed by atoms with E-state index < -0.39 is 0 Å². The molecule has 0 saturated carbocycles. The van der Waals surface area contributed by atoms with Crippen LogP contribution in [0.1, 0.15) is 48.7 Å². The van der Waals surface area contributed by atoms with Gasteiger partial charge in [0.05, 0.1) is 24.5 Å². The summed E-state index contributed by atoms with van der Waals surface area (Å²) < 4.78 is 7.46. The SMILES string of the molecule is COc1ccc(CN2Cc3ccccc3-n3nnc(-c4ccc(C)cc4)c3C2CC(C)C)cc1. The third-order valence-electron chi connectivity index (χ3n) is 6.62. The third-order valence-corrected chi connectivity index (χ3v) is 6.62. The number of aryl methyl sites for hydroxylation is 1. The van der Waals surface area contributed by atoms with E-state index in [0.717, 1.165) is 42.2 Å². The molecule has 2 heterocycles. The number of hydrogen-bond donors (Lipinski definition) is 0. The van der Waals surface area contributed by atoms with E-state index >= 15 is 0 Å². The van der Waals surface area contributed by atoms with Gasteiger partial charge in [-0.3, -0.25) is 4.90 Å². The maximum Gasteiger partial charge on any atom is 0.118 e. The lowest BCUT2D eigenvalue weighted by Gasteiger charge is -2.31. The Morgan fingerprint density at radius 1 is 0.971 bits per heavy atom. The lowest BCUT2D eigenvalue weighted by molar-refractivity contribution is 0.156. The molecule has 4 aromatic rings. The molecule has 5 heteroatoms. The minimum absolute atomic E-state index is 0.181. The van der Waals surface area contributed by atoms with E-state index in [2.05, 4.69) is 91.0 Å². The fraction of sp³-hybridized carbons (Fsp3) is 0.310. The fourth-order valence-corrected chi connectivity index (χ4v) is 4.87. The molecular formula is C29H32N4O. The predicted molar refractivity (Wildman–Crippen MR) is 136 cm³/mol. The van der Waals surface area contributed by atoms with Crippen LogP contribution in [0.4, 0.5) is 0 Å². The Morgan fingerprint density at radius 2 is 1.71 bits per heavy atom. The Morgan fingerprint density at radius 3 is 2.41 bits per heavy atom. The number of rotatable bonds is 6. The maximum absolute atomic E-state index is 5.38. The summed E-state index contributed by atoms with van der Waals surface area (Å²) in [6, 6.07) is 25.8. The van der Waals surface area contributed by atoms with Crippen LogP contribution in [0.15, 0.2) is 72.8 Å². The fourth-order valence-electron chi connectivity index (χ4n) is 4.87. The molecule has 0 spiro atoms. The first-order valence-electron chi connectivity index (χ1n) is 12.0. The van der Waals surface area contributed by atoms with Gasteiger partial charge in [-0.05, 0) is 48.6 Å². The molecule has 0 amide bonds. The van der Waals surface area contributed by atoms with Gasteiger partial charge in [0.2, 0.25) is 0 Å². The molecule has 0 saturated heterocycles. The van der Waals surface area contributed by atoms with Crippen molar-refractivity contribution in [2.45, 2.75) is 46.3 Å². The van der Waals surface area contributed by atoms with Gasteiger partial charge in [0.1, 0.15) is 11.4 Å². The van der Waals surface area contributed by atoms with Crippen LogP contribution in [0, 0.1) is 12.8 Å². The Bertz CT molecular complexity index is 1260. The van der Waals surface area contributed by atoms with Crippen LogP contribution in [0.3, 0.4) is 0 Å². The second-order valence-corrected chi connectivity index (χ2v) is 9.63. The minimum Gasteiger partial charge on any atom is -0.497 e. The second kappa shape index (κ2) is 9.43. The number of nitrogens with zero attached hydrogens (tertiary/aromatic N) is 4. The summed E-state index contributed by atoms with van der Waals surface area (Å²) in [5.41, 5.74) is 8.16. The predicted octanol–water partition coefficient (Wildman–Crippen LogP) is 6.35. The number of benzene rings is 3. The van der Waals surface area contributed by atoms with E-state index in [1.54, 1.807) is 7.11 Å². The Kier molecular flexibility index (Phi) is 6.20. The molecule has 5 nitrogen and oxygen atoms in total. The molecule has 1 aromatic heterocycles. The maximum atomic E-state index is 5.38. The molecule has 0 N–H and O–H groups in total. The van der Waals surface area contributed by atoms with Crippen molar-refractivity contribution in [3.05, 3.63) is 95.2 Å². The molecule has 0 bridgehead atoms. The van der Waals surface area contributed by atoms with Crippen molar-refractivity contribution in [2.24, 2.45) is 5.92 Å². The summed E-state index contributed by atoms with van der Waals surface area (Å²) in [5, 5.41) is 9.43. The van der Waals surface area contributed by atoms with Crippen molar-refractivity contribution in [3.8, 4) is 22.7 Å². The quantitative estimate of drug-likeness (QED) is 0.342. The first-order valence-corrected chi connectivity index (χ1v) is 12.0. The van der Waals surface area contributed by atoms with E-state index in [4.69, 9.17) is 15.0 Å². The first kappa shape index (κ1) is 22.4. The van der Waals surface area contributed by atoms with Crippen molar-refractivity contribution in [2.75, 3.05) is 7.11 Å². The monoisotopic (exact) mass is 452 g/mol. The molecule has 174 valence electrons. The lowest BCUT2D eigenvalue weighted by atomic mass is 9.95. The molecule has 0 fully saturated rings. The summed E-state index contributed by atoms with van der Waals surface area (Å²) in [5.74, 6) is 1.41. The largest absolute Gasteiger partial charge is 0.497 e. The first-order chi connectivity index (χ1) is 16.5. The summed E-state index contributed by atoms with van der Waals surface area (Å²) in [7, 11) is 1.71. The average Bonchev–Trinajstić information content (AvgIpc) is 3.23. The van der Waals surface area contributed by atoms with Gasteiger partial charge in [-0.1, -0.05) is 79.2 Å². The van der Waals surface area contributed by atoms with Crippen molar-refractivity contribution in [1.29, 1.82) is 0 Å². The molecule has 0 radical (unpaired) electrons. The third kappa shape index (κ3) is 4.36. The van der Waals surface area contributed by atoms with E-state index in [-0.39, 0.29) is 6.04 Å². The highest BCUT2D eigenvalue weighted by Crippen LogP contribution is 2.40. The highest BCUT2D eigenvalue weighted by Gasteiger charge is 2.33. The molecule has 1 aliphatic rings. The highest BCUT2D eigenvalue weighted by atomic mass is 16.5. The van der Waals surface area contributed by atoms with Gasteiger partial charge in [0.15, 0.2) is 0 Å². The number of fused-ring (bicyclic) bond motifs is 3. The molecule has 1 aliphatic heterocycles. The zero-order valence-corrected chi connectivity index (χ0v) is 20.4. The van der Waals surface area contributed by atoms with E-state index in [0.29, 0.717) is 5.92 Å². The summed E-state index contributed by atoms with van der Waals surface area (Å²) in [6.07, 6.45) is 1.02. The highest BCUT2D eigenvalue weighted by molar-refractivity contribution is 5.64. The normalized spacial score (nSPS) is 15.6. The lowest BCUT2D eigenvalue weighted by Crippen LogP contribution is -2.29. The van der Waals surface area contributed by atoms with Crippen molar-refractivity contribution < 1.29 is 4.74 Å². The summed E-state index contributed by atoms with van der Waals surface area (Å²) in [6.45, 7) is 8.40. The Balaban J connectivity index is 1.65. The van der Waals surface area contributed by atoms with Gasteiger partial charge in [0.25, 0.3) is 0 Å². The topological polar surface area (TPSA) is 43.2 Å². The van der Waals surface area contributed by atoms with Crippen molar-refractivity contribution in [3.63, 3.8) is 0 Å². The minimum atomic E-state index is 0.181. The number of methoxy groups -OCH3 is 1. The average molecular weight is 453 g/mol. The van der Waals surface area contributed by atoms with Gasteiger partial charge in [-0.25, -0.2) is 4.68 Å². The molecule has 1 unspecified atom stereocenters. The smallest absolute Gasteiger partial charge is 0.118 e. The second-order valence-electron chi connectivity index (χ2n) is 9.63. The van der Waals surface area contributed by atoms with Crippen LogP contribution >= 0.6 is 0 Å². The molecule has 5 rings (SSSR count). The van der Waals surface area contributed by atoms with Gasteiger partial charge in [-0.15, -0.1) is 5.10 Å². The standard InChI is InChI=1S/C29H32N4O/c1-20(2)17-27-29-28(23-13-9-21(3)10-14-23)30-31-33(29)26-8-6-5-7-24(26)19-32(27)18-22-11-15-25(34-4)16-12-22/h5-16,20,27H,17-19H2,1-4H3. The summed E-state index contributed by atoms with van der Waals surface area (Å²) in [4.78, 5) is 2.58. The molecule has 0 aliphatic carbocycles. The zero-order valence-electron chi connectivity index (χ0n) is 20.4. The van der Waals surface area contributed by atoms with Crippen LogP contribution in [-0.4, -0.2) is 27.0 Å². The number of ether oxygens (including phenoxy) is 1. The van der Waals surface area contributed by atoms with Gasteiger partial charge in [-0.2, -0.15) is 0 Å². The van der Waals surface area contributed by atoms with Crippen LogP contribution in [0.2, 0.25) is 0 Å². The van der Waals surface area contributed by atoms with Crippen LogP contribution in [-0.2, 0) is 13.1 Å². The molecule has 3 aromatic carbocycles. The molecule has 1 atom stereocenters. The van der Waals surface area contributed by atoms with E-state index in [1.807, 2.05) is 12.1 Å². The number of hydrogen-bond acceptors (Lipinski definition) is 4. The van der Waals surface area contributed by atoms with Crippen molar-refractivity contribution in [1.82, 2.24) is 19.9 Å². The Labute approximate surface area is 202 Å². The van der Waals surface area contributed by atoms with E-state index in [9.17, 15) is 0 Å².